The Morgan fingerprint density at radius 2 is 2.00 bits per heavy atom. The Hall–Kier alpha value is -2.13. The van der Waals surface area contributed by atoms with Crippen molar-refractivity contribution >= 4 is 6.29 Å². The van der Waals surface area contributed by atoms with E-state index in [1.54, 1.807) is 7.11 Å². The first-order chi connectivity index (χ1) is 9.80. The minimum atomic E-state index is -0.00449. The summed E-state index contributed by atoms with van der Waals surface area (Å²) < 4.78 is 5.41. The van der Waals surface area contributed by atoms with Crippen LogP contribution in [0, 0.1) is 0 Å². The first-order valence-electron chi connectivity index (χ1n) is 6.65. The number of hydrogen-bond donors (Lipinski definition) is 1. The molecule has 0 saturated carbocycles. The summed E-state index contributed by atoms with van der Waals surface area (Å²) in [5, 5.41) is 0. The van der Waals surface area contributed by atoms with Crippen LogP contribution in [0.5, 0.6) is 5.75 Å². The minimum Gasteiger partial charge on any atom is -0.496 e. The molecule has 0 saturated heterocycles. The summed E-state index contributed by atoms with van der Waals surface area (Å²) >= 11 is 0. The molecule has 0 amide bonds. The zero-order chi connectivity index (χ0) is 14.4. The zero-order valence-electron chi connectivity index (χ0n) is 11.6. The molecular weight excluding hydrogens is 250 g/mol. The molecule has 1 atom stereocenters. The molecule has 0 spiro atoms. The fraction of sp³-hybridized carbons (Fsp3) is 0.235. The van der Waals surface area contributed by atoms with Gasteiger partial charge in [0.1, 0.15) is 12.0 Å². The molecule has 0 aliphatic rings. The van der Waals surface area contributed by atoms with E-state index in [-0.39, 0.29) is 5.92 Å². The third-order valence-electron chi connectivity index (χ3n) is 3.44. The van der Waals surface area contributed by atoms with Gasteiger partial charge in [0.2, 0.25) is 0 Å². The molecule has 2 aromatic carbocycles. The van der Waals surface area contributed by atoms with Crippen LogP contribution in [-0.2, 0) is 11.3 Å². The van der Waals surface area contributed by atoms with Crippen molar-refractivity contribution in [3.63, 3.8) is 0 Å². The topological polar surface area (TPSA) is 52.3 Å². The van der Waals surface area contributed by atoms with Crippen LogP contribution in [-0.4, -0.2) is 13.4 Å². The molecule has 2 aromatic rings. The summed E-state index contributed by atoms with van der Waals surface area (Å²) in [6, 6.07) is 15.9. The normalized spacial score (nSPS) is 11.9. The van der Waals surface area contributed by atoms with Gasteiger partial charge in [-0.05, 0) is 17.2 Å². The van der Waals surface area contributed by atoms with E-state index in [4.69, 9.17) is 10.5 Å². The number of methoxy groups -OCH3 is 1. The van der Waals surface area contributed by atoms with Gasteiger partial charge in [0, 0.05) is 24.4 Å². The summed E-state index contributed by atoms with van der Waals surface area (Å²) in [5.74, 6) is 0.799. The molecule has 0 aliphatic heterocycles. The number of ether oxygens (including phenoxy) is 1. The molecular formula is C17H19NO2. The largest absolute Gasteiger partial charge is 0.496 e. The summed E-state index contributed by atoms with van der Waals surface area (Å²) in [7, 11) is 1.65. The van der Waals surface area contributed by atoms with Gasteiger partial charge in [0.05, 0.1) is 7.11 Å². The number of carbonyl (C=O) groups excluding carboxylic acids is 1. The maximum absolute atomic E-state index is 11.1. The predicted molar refractivity (Wildman–Crippen MR) is 79.9 cm³/mol. The number of para-hydroxylation sites is 1. The van der Waals surface area contributed by atoms with Crippen molar-refractivity contribution in [2.45, 2.75) is 18.9 Å². The molecule has 104 valence electrons. The van der Waals surface area contributed by atoms with Crippen LogP contribution in [0.1, 0.15) is 29.0 Å². The van der Waals surface area contributed by atoms with Crippen LogP contribution in [0.2, 0.25) is 0 Å². The average Bonchev–Trinajstić information content (AvgIpc) is 2.52. The number of nitrogens with two attached hydrogens (primary N) is 1. The van der Waals surface area contributed by atoms with Gasteiger partial charge in [-0.1, -0.05) is 42.5 Å². The Morgan fingerprint density at radius 3 is 2.70 bits per heavy atom. The van der Waals surface area contributed by atoms with Crippen molar-refractivity contribution < 1.29 is 9.53 Å². The van der Waals surface area contributed by atoms with E-state index < -0.39 is 0 Å². The molecule has 0 fully saturated rings. The maximum atomic E-state index is 11.1. The Bertz CT molecular complexity index is 581. The van der Waals surface area contributed by atoms with Crippen LogP contribution in [0.3, 0.4) is 0 Å². The molecule has 3 heteroatoms. The number of carbonyl (C=O) groups is 1. The highest BCUT2D eigenvalue weighted by Crippen LogP contribution is 2.33. The van der Waals surface area contributed by atoms with Crippen molar-refractivity contribution in [2.24, 2.45) is 5.73 Å². The van der Waals surface area contributed by atoms with E-state index in [1.165, 1.54) is 0 Å². The SMILES string of the molecule is COc1ccccc1C(CC=O)c1cccc(CN)c1. The van der Waals surface area contributed by atoms with Crippen LogP contribution in [0.25, 0.3) is 0 Å². The number of benzene rings is 2. The van der Waals surface area contributed by atoms with Crippen LogP contribution in [0.15, 0.2) is 48.5 Å². The third-order valence-corrected chi connectivity index (χ3v) is 3.44. The van der Waals surface area contributed by atoms with E-state index in [2.05, 4.69) is 6.07 Å². The first kappa shape index (κ1) is 14.3. The molecule has 0 heterocycles. The van der Waals surface area contributed by atoms with Gasteiger partial charge in [0.25, 0.3) is 0 Å². The molecule has 3 nitrogen and oxygen atoms in total. The summed E-state index contributed by atoms with van der Waals surface area (Å²) in [4.78, 5) is 11.1. The standard InChI is InChI=1S/C17H19NO2/c1-20-17-8-3-2-7-16(17)15(9-10-19)14-6-4-5-13(11-14)12-18/h2-8,10-11,15H,9,12,18H2,1H3. The molecule has 2 N–H and O–H groups in total. The highest BCUT2D eigenvalue weighted by atomic mass is 16.5. The van der Waals surface area contributed by atoms with Gasteiger partial charge in [-0.25, -0.2) is 0 Å². The van der Waals surface area contributed by atoms with Crippen molar-refractivity contribution in [1.82, 2.24) is 0 Å². The third kappa shape index (κ3) is 3.06. The second-order valence-electron chi connectivity index (χ2n) is 4.65. The Kier molecular flexibility index (Phi) is 4.91. The van der Waals surface area contributed by atoms with Crippen molar-refractivity contribution in [2.75, 3.05) is 7.11 Å². The van der Waals surface area contributed by atoms with Gasteiger partial charge in [0.15, 0.2) is 0 Å². The second-order valence-corrected chi connectivity index (χ2v) is 4.65. The zero-order valence-corrected chi connectivity index (χ0v) is 11.6. The lowest BCUT2D eigenvalue weighted by molar-refractivity contribution is -0.108. The van der Waals surface area contributed by atoms with Gasteiger partial charge < -0.3 is 15.3 Å². The summed E-state index contributed by atoms with van der Waals surface area (Å²) in [5.41, 5.74) is 8.87. The molecule has 0 aliphatic carbocycles. The summed E-state index contributed by atoms with van der Waals surface area (Å²) in [6.07, 6.45) is 1.38. The Labute approximate surface area is 119 Å². The molecule has 2 rings (SSSR count). The fourth-order valence-corrected chi connectivity index (χ4v) is 2.43. The molecule has 0 aromatic heterocycles. The lowest BCUT2D eigenvalue weighted by Crippen LogP contribution is -2.06. The van der Waals surface area contributed by atoms with E-state index >= 15 is 0 Å². The van der Waals surface area contributed by atoms with E-state index in [9.17, 15) is 4.79 Å². The van der Waals surface area contributed by atoms with Crippen LogP contribution >= 0.6 is 0 Å². The maximum Gasteiger partial charge on any atom is 0.122 e. The quantitative estimate of drug-likeness (QED) is 0.820. The van der Waals surface area contributed by atoms with Crippen LogP contribution < -0.4 is 10.5 Å². The average molecular weight is 269 g/mol. The van der Waals surface area contributed by atoms with Crippen molar-refractivity contribution in [3.05, 3.63) is 65.2 Å². The monoisotopic (exact) mass is 269 g/mol. The summed E-state index contributed by atoms with van der Waals surface area (Å²) in [6.45, 7) is 0.494. The minimum absolute atomic E-state index is 0.00449. The van der Waals surface area contributed by atoms with E-state index in [1.807, 2.05) is 42.5 Å². The highest BCUT2D eigenvalue weighted by molar-refractivity contribution is 5.56. The Morgan fingerprint density at radius 1 is 1.20 bits per heavy atom. The lowest BCUT2D eigenvalue weighted by atomic mass is 9.87. The number of aldehydes is 1. The van der Waals surface area contributed by atoms with Crippen molar-refractivity contribution in [1.29, 1.82) is 0 Å². The Balaban J connectivity index is 2.47. The molecule has 0 radical (unpaired) electrons. The smallest absolute Gasteiger partial charge is 0.122 e. The molecule has 20 heavy (non-hydrogen) atoms. The lowest BCUT2D eigenvalue weighted by Gasteiger charge is -2.19. The first-order valence-corrected chi connectivity index (χ1v) is 6.65. The number of rotatable bonds is 6. The molecule has 1 unspecified atom stereocenters. The van der Waals surface area contributed by atoms with Crippen molar-refractivity contribution in [3.8, 4) is 5.75 Å². The van der Waals surface area contributed by atoms with Gasteiger partial charge in [-0.2, -0.15) is 0 Å². The van der Waals surface area contributed by atoms with E-state index in [0.29, 0.717) is 13.0 Å². The van der Waals surface area contributed by atoms with Gasteiger partial charge in [-0.3, -0.25) is 0 Å². The predicted octanol–water partition coefficient (Wildman–Crippen LogP) is 2.87. The van der Waals surface area contributed by atoms with Gasteiger partial charge in [-0.15, -0.1) is 0 Å². The number of hydrogen-bond acceptors (Lipinski definition) is 3. The van der Waals surface area contributed by atoms with Gasteiger partial charge >= 0.3 is 0 Å². The highest BCUT2D eigenvalue weighted by Gasteiger charge is 2.17. The second kappa shape index (κ2) is 6.87. The fourth-order valence-electron chi connectivity index (χ4n) is 2.43. The molecule has 0 bridgehead atoms. The van der Waals surface area contributed by atoms with E-state index in [0.717, 1.165) is 28.7 Å². The van der Waals surface area contributed by atoms with Crippen LogP contribution in [0.4, 0.5) is 0 Å².